The number of hydrogen-bond acceptors (Lipinski definition) is 4. The SMILES string of the molecule is C=C[SH](=O)=O.CCSCC(=O)O. The lowest BCUT2D eigenvalue weighted by Gasteiger charge is -1.86. The number of thiol groups is 1. The van der Waals surface area contributed by atoms with Crippen molar-refractivity contribution in [3.63, 3.8) is 0 Å². The van der Waals surface area contributed by atoms with Gasteiger partial charge in [-0.2, -0.15) is 11.8 Å². The van der Waals surface area contributed by atoms with Crippen molar-refractivity contribution in [2.45, 2.75) is 6.92 Å². The largest absolute Gasteiger partial charge is 0.481 e. The fourth-order valence-corrected chi connectivity index (χ4v) is 0.568. The smallest absolute Gasteiger partial charge is 0.313 e. The third-order valence-electron chi connectivity index (χ3n) is 0.579. The Morgan fingerprint density at radius 3 is 2.17 bits per heavy atom. The summed E-state index contributed by atoms with van der Waals surface area (Å²) in [7, 11) is -2.33. The van der Waals surface area contributed by atoms with Crippen molar-refractivity contribution in [2.75, 3.05) is 11.5 Å². The van der Waals surface area contributed by atoms with Gasteiger partial charge in [-0.05, 0) is 5.75 Å². The standard InChI is InChI=1S/C4H8O2S.C2H4O2S/c1-2-7-3-4(5)6;1-2-5(3)4/h2-3H2,1H3,(H,5,6);2,5H,1H2. The van der Waals surface area contributed by atoms with E-state index in [0.717, 1.165) is 11.2 Å². The summed E-state index contributed by atoms with van der Waals surface area (Å²) in [6.07, 6.45) is 0. The van der Waals surface area contributed by atoms with Crippen LogP contribution in [-0.4, -0.2) is 31.0 Å². The first-order valence-electron chi connectivity index (χ1n) is 3.10. The zero-order valence-corrected chi connectivity index (χ0v) is 8.44. The summed E-state index contributed by atoms with van der Waals surface area (Å²) in [6.45, 7) is 4.90. The zero-order valence-electron chi connectivity index (χ0n) is 6.73. The highest BCUT2D eigenvalue weighted by Crippen LogP contribution is 1.95. The van der Waals surface area contributed by atoms with Crippen LogP contribution in [0.2, 0.25) is 0 Å². The van der Waals surface area contributed by atoms with Gasteiger partial charge in [-0.3, -0.25) is 4.79 Å². The minimum absolute atomic E-state index is 0.233. The van der Waals surface area contributed by atoms with Gasteiger partial charge in [0.05, 0.1) is 5.75 Å². The normalized spacial score (nSPS) is 8.50. The highest BCUT2D eigenvalue weighted by molar-refractivity contribution is 7.99. The number of carbonyl (C=O) groups is 1. The summed E-state index contributed by atoms with van der Waals surface area (Å²) in [5.74, 6) is 0.384. The molecule has 0 amide bonds. The maximum atomic E-state index is 9.74. The molecule has 0 bridgehead atoms. The van der Waals surface area contributed by atoms with Gasteiger partial charge in [0, 0.05) is 5.41 Å². The van der Waals surface area contributed by atoms with Crippen LogP contribution in [-0.2, 0) is 15.5 Å². The lowest BCUT2D eigenvalue weighted by atomic mass is 10.8. The van der Waals surface area contributed by atoms with Gasteiger partial charge in [-0.15, -0.1) is 0 Å². The maximum absolute atomic E-state index is 9.74. The van der Waals surface area contributed by atoms with E-state index in [9.17, 15) is 13.2 Å². The number of carboxylic acid groups (broad SMARTS) is 1. The molecular weight excluding hydrogens is 200 g/mol. The molecule has 0 aromatic heterocycles. The van der Waals surface area contributed by atoms with E-state index < -0.39 is 16.7 Å². The first-order valence-corrected chi connectivity index (χ1v) is 5.50. The van der Waals surface area contributed by atoms with Crippen molar-refractivity contribution in [3.8, 4) is 0 Å². The van der Waals surface area contributed by atoms with Gasteiger partial charge in [0.25, 0.3) is 0 Å². The molecule has 0 spiro atoms. The summed E-state index contributed by atoms with van der Waals surface area (Å²) in [5, 5.41) is 8.89. The molecule has 0 aliphatic carbocycles. The molecule has 0 rings (SSSR count). The Balaban J connectivity index is 0. The molecule has 0 aliphatic heterocycles. The number of carboxylic acids is 1. The molecule has 0 saturated carbocycles. The Morgan fingerprint density at radius 2 is 2.08 bits per heavy atom. The van der Waals surface area contributed by atoms with E-state index in [1.54, 1.807) is 0 Å². The van der Waals surface area contributed by atoms with E-state index in [4.69, 9.17) is 5.11 Å². The molecule has 0 radical (unpaired) electrons. The molecule has 0 fully saturated rings. The van der Waals surface area contributed by atoms with E-state index >= 15 is 0 Å². The molecule has 0 aromatic carbocycles. The predicted octanol–water partition coefficient (Wildman–Crippen LogP) is 0.565. The van der Waals surface area contributed by atoms with Crippen molar-refractivity contribution in [1.29, 1.82) is 0 Å². The quantitative estimate of drug-likeness (QED) is 0.666. The van der Waals surface area contributed by atoms with Crippen LogP contribution in [0.5, 0.6) is 0 Å². The molecule has 0 unspecified atom stereocenters. The summed E-state index contributed by atoms with van der Waals surface area (Å²) < 4.78 is 18.6. The van der Waals surface area contributed by atoms with Gasteiger partial charge in [-0.1, -0.05) is 13.5 Å². The van der Waals surface area contributed by atoms with Gasteiger partial charge in [0.15, 0.2) is 10.7 Å². The molecule has 0 saturated heterocycles. The van der Waals surface area contributed by atoms with Gasteiger partial charge in [0.1, 0.15) is 0 Å². The maximum Gasteiger partial charge on any atom is 0.313 e. The van der Waals surface area contributed by atoms with Gasteiger partial charge in [0.2, 0.25) is 0 Å². The van der Waals surface area contributed by atoms with Crippen LogP contribution in [0, 0.1) is 0 Å². The molecule has 0 heterocycles. The van der Waals surface area contributed by atoms with E-state index in [0.29, 0.717) is 0 Å². The van der Waals surface area contributed by atoms with Crippen molar-refractivity contribution in [1.82, 2.24) is 0 Å². The van der Waals surface area contributed by atoms with Crippen LogP contribution < -0.4 is 0 Å². The van der Waals surface area contributed by atoms with Gasteiger partial charge < -0.3 is 5.11 Å². The van der Waals surface area contributed by atoms with Crippen LogP contribution in [0.25, 0.3) is 0 Å². The molecule has 6 heteroatoms. The predicted molar refractivity (Wildman–Crippen MR) is 51.1 cm³/mol. The van der Waals surface area contributed by atoms with Crippen LogP contribution in [0.4, 0.5) is 0 Å². The minimum Gasteiger partial charge on any atom is -0.481 e. The first kappa shape index (κ1) is 14.1. The number of aliphatic carboxylic acids is 1. The van der Waals surface area contributed by atoms with Crippen LogP contribution in [0.3, 0.4) is 0 Å². The van der Waals surface area contributed by atoms with Gasteiger partial charge >= 0.3 is 5.97 Å². The van der Waals surface area contributed by atoms with E-state index in [1.807, 2.05) is 6.92 Å². The summed E-state index contributed by atoms with van der Waals surface area (Å²) in [5.41, 5.74) is 0. The number of thioether (sulfide) groups is 1. The summed E-state index contributed by atoms with van der Waals surface area (Å²) >= 11 is 1.42. The van der Waals surface area contributed by atoms with E-state index in [-0.39, 0.29) is 5.75 Å². The Hall–Kier alpha value is -0.490. The molecule has 4 nitrogen and oxygen atoms in total. The third-order valence-corrected chi connectivity index (χ3v) is 1.74. The highest BCUT2D eigenvalue weighted by Gasteiger charge is 1.91. The third kappa shape index (κ3) is 22.7. The minimum atomic E-state index is -2.33. The van der Waals surface area contributed by atoms with Crippen molar-refractivity contribution in [3.05, 3.63) is 12.0 Å². The second-order valence-electron chi connectivity index (χ2n) is 1.50. The molecule has 1 N–H and O–H groups in total. The molecular formula is C6H12O4S2. The van der Waals surface area contributed by atoms with Crippen molar-refractivity contribution < 1.29 is 18.3 Å². The Morgan fingerprint density at radius 1 is 1.67 bits per heavy atom. The number of hydrogen-bond donors (Lipinski definition) is 2. The second kappa shape index (κ2) is 10.5. The average molecular weight is 212 g/mol. The molecule has 0 aliphatic rings. The fourth-order valence-electron chi connectivity index (χ4n) is 0.189. The van der Waals surface area contributed by atoms with Crippen molar-refractivity contribution in [2.24, 2.45) is 0 Å². The molecule has 0 atom stereocenters. The Bertz CT molecular complexity index is 190. The summed E-state index contributed by atoms with van der Waals surface area (Å²) in [4.78, 5) is 9.74. The Kier molecular flexibility index (Phi) is 12.3. The van der Waals surface area contributed by atoms with Crippen LogP contribution in [0.1, 0.15) is 6.92 Å². The zero-order chi connectivity index (χ0) is 9.98. The number of rotatable bonds is 4. The average Bonchev–Trinajstić information content (AvgIpc) is 2.02. The lowest BCUT2D eigenvalue weighted by Crippen LogP contribution is -1.97. The fraction of sp³-hybridized carbons (Fsp3) is 0.500. The van der Waals surface area contributed by atoms with Crippen LogP contribution in [0.15, 0.2) is 12.0 Å². The molecule has 0 aromatic rings. The molecule has 12 heavy (non-hydrogen) atoms. The topological polar surface area (TPSA) is 71.4 Å². The first-order chi connectivity index (χ1) is 5.54. The monoisotopic (exact) mass is 212 g/mol. The summed E-state index contributed by atoms with van der Waals surface area (Å²) in [6, 6.07) is 0. The Labute approximate surface area is 77.6 Å². The van der Waals surface area contributed by atoms with Crippen LogP contribution >= 0.6 is 11.8 Å². The second-order valence-corrected chi connectivity index (χ2v) is 3.71. The highest BCUT2D eigenvalue weighted by atomic mass is 32.2. The van der Waals surface area contributed by atoms with Crippen molar-refractivity contribution >= 4 is 28.4 Å². The van der Waals surface area contributed by atoms with E-state index in [1.165, 1.54) is 11.8 Å². The van der Waals surface area contributed by atoms with E-state index in [2.05, 4.69) is 6.58 Å². The molecule has 72 valence electrons. The van der Waals surface area contributed by atoms with Gasteiger partial charge in [-0.25, -0.2) is 8.42 Å². The lowest BCUT2D eigenvalue weighted by molar-refractivity contribution is -0.133.